The van der Waals surface area contributed by atoms with Crippen LogP contribution in [0.25, 0.3) is 0 Å². The molecule has 3 aromatic rings. The summed E-state index contributed by atoms with van der Waals surface area (Å²) in [5.41, 5.74) is 1.53. The van der Waals surface area contributed by atoms with Crippen molar-refractivity contribution in [3.05, 3.63) is 59.2 Å². The normalized spacial score (nSPS) is 10.3. The van der Waals surface area contributed by atoms with Crippen molar-refractivity contribution in [1.29, 1.82) is 0 Å². The Kier molecular flexibility index (Phi) is 5.15. The second-order valence-corrected chi connectivity index (χ2v) is 5.50. The molecule has 8 heteroatoms. The molecule has 3 rings (SSSR count). The second kappa shape index (κ2) is 7.67. The van der Waals surface area contributed by atoms with Gasteiger partial charge in [-0.15, -0.1) is 10.2 Å². The van der Waals surface area contributed by atoms with E-state index >= 15 is 0 Å². The molecule has 1 heterocycles. The van der Waals surface area contributed by atoms with E-state index < -0.39 is 0 Å². The lowest BCUT2D eigenvalue weighted by atomic mass is 10.3. The first-order chi connectivity index (χ1) is 12.2. The Hall–Kier alpha value is -3.06. The van der Waals surface area contributed by atoms with E-state index in [1.807, 2.05) is 6.92 Å². The molecule has 0 saturated heterocycles. The number of benzene rings is 2. The molecular formula is C17H16ClN5O2. The van der Waals surface area contributed by atoms with Gasteiger partial charge in [-0.05, 0) is 55.5 Å². The Morgan fingerprint density at radius 3 is 2.44 bits per heavy atom. The average Bonchev–Trinajstić information content (AvgIpc) is 3.07. The number of halogens is 1. The van der Waals surface area contributed by atoms with Crippen LogP contribution in [0.15, 0.2) is 48.5 Å². The van der Waals surface area contributed by atoms with Crippen molar-refractivity contribution in [3.63, 3.8) is 0 Å². The zero-order chi connectivity index (χ0) is 17.6. The number of amides is 1. The Balaban J connectivity index is 1.70. The molecule has 0 bridgehead atoms. The van der Waals surface area contributed by atoms with Crippen LogP contribution in [0.3, 0.4) is 0 Å². The number of carbonyl (C=O) groups excluding carboxylic acids is 1. The van der Waals surface area contributed by atoms with Crippen LogP contribution in [0, 0.1) is 0 Å². The maximum Gasteiger partial charge on any atom is 0.280 e. The molecule has 0 radical (unpaired) electrons. The van der Waals surface area contributed by atoms with Gasteiger partial charge >= 0.3 is 0 Å². The molecule has 25 heavy (non-hydrogen) atoms. The maximum absolute atomic E-state index is 12.4. The first-order valence-corrected chi connectivity index (χ1v) is 8.01. The van der Waals surface area contributed by atoms with Gasteiger partial charge < -0.3 is 15.4 Å². The molecule has 0 atom stereocenters. The number of hydrogen-bond acceptors (Lipinski definition) is 5. The zero-order valence-corrected chi connectivity index (χ0v) is 14.2. The highest BCUT2D eigenvalue weighted by molar-refractivity contribution is 6.30. The Labute approximate surface area is 149 Å². The number of carbonyl (C=O) groups is 1. The fourth-order valence-corrected chi connectivity index (χ4v) is 2.26. The zero-order valence-electron chi connectivity index (χ0n) is 13.4. The van der Waals surface area contributed by atoms with Gasteiger partial charge in [-0.3, -0.25) is 4.79 Å². The molecule has 0 unspecified atom stereocenters. The molecule has 0 aliphatic carbocycles. The SMILES string of the molecule is CCOc1ccc(NC(=O)c2n[nH]nc2Nc2ccc(Cl)cc2)cc1. The van der Waals surface area contributed by atoms with E-state index in [9.17, 15) is 4.79 Å². The molecular weight excluding hydrogens is 342 g/mol. The predicted molar refractivity (Wildman–Crippen MR) is 96.7 cm³/mol. The van der Waals surface area contributed by atoms with Crippen molar-refractivity contribution in [3.8, 4) is 5.75 Å². The lowest BCUT2D eigenvalue weighted by Crippen LogP contribution is -2.14. The van der Waals surface area contributed by atoms with E-state index in [0.717, 1.165) is 11.4 Å². The van der Waals surface area contributed by atoms with Gasteiger partial charge in [0.25, 0.3) is 5.91 Å². The quantitative estimate of drug-likeness (QED) is 0.623. The molecule has 2 aromatic carbocycles. The third-order valence-corrected chi connectivity index (χ3v) is 3.55. The summed E-state index contributed by atoms with van der Waals surface area (Å²) in [5.74, 6) is 0.687. The van der Waals surface area contributed by atoms with Crippen molar-refractivity contribution in [2.24, 2.45) is 0 Å². The fourth-order valence-electron chi connectivity index (χ4n) is 2.14. The van der Waals surface area contributed by atoms with Gasteiger partial charge in [-0.1, -0.05) is 11.6 Å². The minimum atomic E-state index is -0.380. The van der Waals surface area contributed by atoms with Crippen LogP contribution in [0.4, 0.5) is 17.2 Å². The van der Waals surface area contributed by atoms with Gasteiger partial charge in [0.1, 0.15) is 5.75 Å². The standard InChI is InChI=1S/C17H16ClN5O2/c1-2-25-14-9-7-13(8-10-14)20-17(24)15-16(22-23-21-15)19-12-5-3-11(18)4-6-12/h3-10H,2H2,1H3,(H,20,24)(H2,19,21,22,23). The molecule has 1 aromatic heterocycles. The topological polar surface area (TPSA) is 91.9 Å². The van der Waals surface area contributed by atoms with Crippen LogP contribution in [0.1, 0.15) is 17.4 Å². The van der Waals surface area contributed by atoms with E-state index in [1.54, 1.807) is 48.5 Å². The van der Waals surface area contributed by atoms with E-state index in [1.165, 1.54) is 0 Å². The molecule has 0 fully saturated rings. The number of aromatic amines is 1. The molecule has 128 valence electrons. The minimum absolute atomic E-state index is 0.156. The van der Waals surface area contributed by atoms with Crippen LogP contribution in [0.2, 0.25) is 5.02 Å². The fraction of sp³-hybridized carbons (Fsp3) is 0.118. The van der Waals surface area contributed by atoms with E-state index in [-0.39, 0.29) is 11.6 Å². The van der Waals surface area contributed by atoms with Crippen LogP contribution < -0.4 is 15.4 Å². The maximum atomic E-state index is 12.4. The van der Waals surface area contributed by atoms with Crippen LogP contribution in [-0.4, -0.2) is 27.9 Å². The average molecular weight is 358 g/mol. The first kappa shape index (κ1) is 16.8. The summed E-state index contributed by atoms with van der Waals surface area (Å²) >= 11 is 5.86. The van der Waals surface area contributed by atoms with E-state index in [0.29, 0.717) is 23.1 Å². The van der Waals surface area contributed by atoms with Crippen molar-refractivity contribution < 1.29 is 9.53 Å². The van der Waals surface area contributed by atoms with Gasteiger partial charge in [0.15, 0.2) is 11.5 Å². The molecule has 0 saturated carbocycles. The largest absolute Gasteiger partial charge is 0.494 e. The highest BCUT2D eigenvalue weighted by atomic mass is 35.5. The summed E-state index contributed by atoms with van der Waals surface area (Å²) in [5, 5.41) is 16.8. The van der Waals surface area contributed by atoms with Gasteiger partial charge in [-0.2, -0.15) is 5.21 Å². The number of H-pyrrole nitrogens is 1. The summed E-state index contributed by atoms with van der Waals surface area (Å²) in [6.07, 6.45) is 0. The lowest BCUT2D eigenvalue weighted by molar-refractivity contribution is 0.102. The van der Waals surface area contributed by atoms with Gasteiger partial charge in [0.2, 0.25) is 0 Å². The number of rotatable bonds is 6. The number of nitrogens with zero attached hydrogens (tertiary/aromatic N) is 2. The number of nitrogens with one attached hydrogen (secondary N) is 3. The first-order valence-electron chi connectivity index (χ1n) is 7.63. The third-order valence-electron chi connectivity index (χ3n) is 3.29. The van der Waals surface area contributed by atoms with Gasteiger partial charge in [0, 0.05) is 16.4 Å². The third kappa shape index (κ3) is 4.27. The van der Waals surface area contributed by atoms with Crippen LogP contribution >= 0.6 is 11.6 Å². The lowest BCUT2D eigenvalue weighted by Gasteiger charge is -2.07. The van der Waals surface area contributed by atoms with Gasteiger partial charge in [-0.25, -0.2) is 0 Å². The molecule has 0 spiro atoms. The highest BCUT2D eigenvalue weighted by Crippen LogP contribution is 2.21. The van der Waals surface area contributed by atoms with Gasteiger partial charge in [0.05, 0.1) is 6.61 Å². The minimum Gasteiger partial charge on any atom is -0.494 e. The summed E-state index contributed by atoms with van der Waals surface area (Å²) in [4.78, 5) is 12.4. The van der Waals surface area contributed by atoms with E-state index in [2.05, 4.69) is 26.0 Å². The molecule has 3 N–H and O–H groups in total. The highest BCUT2D eigenvalue weighted by Gasteiger charge is 2.17. The number of aromatic nitrogens is 3. The Morgan fingerprint density at radius 1 is 1.08 bits per heavy atom. The summed E-state index contributed by atoms with van der Waals surface area (Å²) in [6.45, 7) is 2.50. The second-order valence-electron chi connectivity index (χ2n) is 5.06. The molecule has 0 aliphatic heterocycles. The summed E-state index contributed by atoms with van der Waals surface area (Å²) < 4.78 is 5.37. The van der Waals surface area contributed by atoms with Crippen molar-refractivity contribution in [2.45, 2.75) is 6.92 Å². The Bertz CT molecular complexity index is 846. The summed E-state index contributed by atoms with van der Waals surface area (Å²) in [7, 11) is 0. The van der Waals surface area contributed by atoms with Crippen molar-refractivity contribution in [1.82, 2.24) is 15.4 Å². The summed E-state index contributed by atoms with van der Waals surface area (Å²) in [6, 6.07) is 14.1. The molecule has 7 nitrogen and oxygen atoms in total. The number of anilines is 3. The monoisotopic (exact) mass is 357 g/mol. The molecule has 0 aliphatic rings. The van der Waals surface area contributed by atoms with Crippen LogP contribution in [-0.2, 0) is 0 Å². The Morgan fingerprint density at radius 2 is 1.76 bits per heavy atom. The smallest absolute Gasteiger partial charge is 0.280 e. The number of ether oxygens (including phenoxy) is 1. The molecule has 1 amide bonds. The van der Waals surface area contributed by atoms with E-state index in [4.69, 9.17) is 16.3 Å². The van der Waals surface area contributed by atoms with Crippen molar-refractivity contribution in [2.75, 3.05) is 17.2 Å². The van der Waals surface area contributed by atoms with Crippen LogP contribution in [0.5, 0.6) is 5.75 Å². The number of hydrogen-bond donors (Lipinski definition) is 3. The predicted octanol–water partition coefficient (Wildman–Crippen LogP) is 3.85. The van der Waals surface area contributed by atoms with Crippen molar-refractivity contribution >= 4 is 34.7 Å².